The van der Waals surface area contributed by atoms with Crippen LogP contribution in [0.4, 0.5) is 9.59 Å². The highest BCUT2D eigenvalue weighted by molar-refractivity contribution is 5.84. The minimum atomic E-state index is -0.889. The summed E-state index contributed by atoms with van der Waals surface area (Å²) in [6.45, 7) is 12.7. The Morgan fingerprint density at radius 2 is 1.48 bits per heavy atom. The number of ether oxygens (including phenoxy) is 3. The van der Waals surface area contributed by atoms with Gasteiger partial charge in [-0.15, -0.1) is 0 Å². The number of nitrogens with zero attached hydrogens (tertiary/aromatic N) is 2. The maximum absolute atomic E-state index is 12.9. The number of carbonyl (C=O) groups is 3. The van der Waals surface area contributed by atoms with E-state index >= 15 is 0 Å². The van der Waals surface area contributed by atoms with E-state index in [9.17, 15) is 14.4 Å². The molecule has 1 aliphatic carbocycles. The molecule has 3 atom stereocenters. The third-order valence-corrected chi connectivity index (χ3v) is 4.53. The highest BCUT2D eigenvalue weighted by Gasteiger charge is 2.55. The first-order valence-corrected chi connectivity index (χ1v) is 9.53. The Bertz CT molecular complexity index is 592. The predicted octanol–water partition coefficient (Wildman–Crippen LogP) is 3.35. The molecule has 0 aromatic carbocycles. The van der Waals surface area contributed by atoms with Gasteiger partial charge in [-0.05, 0) is 73.1 Å². The van der Waals surface area contributed by atoms with Crippen LogP contribution >= 0.6 is 0 Å². The molecule has 2 rings (SSSR count). The molecule has 8 nitrogen and oxygen atoms in total. The first kappa shape index (κ1) is 21.3. The third kappa shape index (κ3) is 5.05. The van der Waals surface area contributed by atoms with Crippen molar-refractivity contribution in [2.45, 2.75) is 78.6 Å². The van der Waals surface area contributed by atoms with Gasteiger partial charge in [0, 0.05) is 6.54 Å². The van der Waals surface area contributed by atoms with Gasteiger partial charge in [-0.25, -0.2) is 19.4 Å². The molecule has 1 saturated heterocycles. The summed E-state index contributed by atoms with van der Waals surface area (Å²) in [5, 5.41) is 2.32. The van der Waals surface area contributed by atoms with Crippen LogP contribution in [0.15, 0.2) is 0 Å². The quantitative estimate of drug-likeness (QED) is 0.536. The lowest BCUT2D eigenvalue weighted by molar-refractivity contribution is -0.181. The van der Waals surface area contributed by atoms with Gasteiger partial charge in [0.2, 0.25) is 0 Å². The van der Waals surface area contributed by atoms with E-state index in [0.717, 1.165) is 17.9 Å². The molecule has 2 fully saturated rings. The second kappa shape index (κ2) is 7.56. The van der Waals surface area contributed by atoms with E-state index in [1.165, 1.54) is 5.01 Å². The Hall–Kier alpha value is -1.99. The summed E-state index contributed by atoms with van der Waals surface area (Å²) in [6, 6.07) is -0.889. The number of fused-ring (bicyclic) bond motifs is 1. The Morgan fingerprint density at radius 3 is 1.93 bits per heavy atom. The molecule has 2 amide bonds. The number of esters is 1. The maximum Gasteiger partial charge on any atom is 0.430 e. The molecule has 8 heteroatoms. The van der Waals surface area contributed by atoms with E-state index in [-0.39, 0.29) is 18.4 Å². The number of amides is 2. The van der Waals surface area contributed by atoms with Crippen LogP contribution in [-0.2, 0) is 19.0 Å². The summed E-state index contributed by atoms with van der Waals surface area (Å²) >= 11 is 0. The van der Waals surface area contributed by atoms with E-state index in [0.29, 0.717) is 6.54 Å². The fraction of sp³-hybridized carbons (Fsp3) is 0.842. The number of carbonyl (C=O) groups excluding carboxylic acids is 3. The molecule has 154 valence electrons. The Morgan fingerprint density at radius 1 is 0.926 bits per heavy atom. The lowest BCUT2D eigenvalue weighted by Crippen LogP contribution is -2.69. The van der Waals surface area contributed by atoms with Gasteiger partial charge in [-0.3, -0.25) is 0 Å². The molecule has 2 unspecified atom stereocenters. The van der Waals surface area contributed by atoms with Gasteiger partial charge in [-0.2, -0.15) is 5.01 Å². The summed E-state index contributed by atoms with van der Waals surface area (Å²) in [7, 11) is 0. The molecule has 0 bridgehead atoms. The Labute approximate surface area is 161 Å². The first-order chi connectivity index (χ1) is 12.3. The van der Waals surface area contributed by atoms with Gasteiger partial charge >= 0.3 is 18.2 Å². The highest BCUT2D eigenvalue weighted by Crippen LogP contribution is 2.44. The Balaban J connectivity index is 2.37. The standard InChI is InChI=1S/C19H32N2O6/c1-8-25-15(22)14-13-10-9-12(13)11-20(16(23)26-18(2,3)4)21(14)17(24)27-19(5,6)7/h12-14H,8-11H2,1-7H3/t12?,13?,14-/m0/s1. The molecule has 0 radical (unpaired) electrons. The molecular formula is C19H32N2O6. The molecule has 0 spiro atoms. The van der Waals surface area contributed by atoms with Crippen molar-refractivity contribution in [2.75, 3.05) is 13.2 Å². The number of hydrazine groups is 1. The van der Waals surface area contributed by atoms with Crippen molar-refractivity contribution in [1.82, 2.24) is 10.0 Å². The topological polar surface area (TPSA) is 85.4 Å². The molecule has 0 N–H and O–H groups in total. The predicted molar refractivity (Wildman–Crippen MR) is 97.6 cm³/mol. The van der Waals surface area contributed by atoms with Crippen molar-refractivity contribution < 1.29 is 28.6 Å². The lowest BCUT2D eigenvalue weighted by Gasteiger charge is -2.53. The summed E-state index contributed by atoms with van der Waals surface area (Å²) in [5.41, 5.74) is -1.50. The SMILES string of the molecule is CCOC(=O)[C@@H]1C2CCC2CN(C(=O)OC(C)(C)C)N1C(=O)OC(C)(C)C. The molecule has 1 heterocycles. The van der Waals surface area contributed by atoms with Crippen molar-refractivity contribution in [2.24, 2.45) is 11.8 Å². The van der Waals surface area contributed by atoms with E-state index in [1.54, 1.807) is 48.5 Å². The second-order valence-corrected chi connectivity index (χ2v) is 9.09. The fourth-order valence-corrected chi connectivity index (χ4v) is 3.38. The zero-order chi connectivity index (χ0) is 20.6. The lowest BCUT2D eigenvalue weighted by atomic mass is 9.68. The summed E-state index contributed by atoms with van der Waals surface area (Å²) in [4.78, 5) is 38.4. The van der Waals surface area contributed by atoms with Gasteiger partial charge < -0.3 is 14.2 Å². The second-order valence-electron chi connectivity index (χ2n) is 9.09. The van der Waals surface area contributed by atoms with Crippen LogP contribution in [0.2, 0.25) is 0 Å². The van der Waals surface area contributed by atoms with E-state index < -0.39 is 35.4 Å². The maximum atomic E-state index is 12.9. The van der Waals surface area contributed by atoms with Gasteiger partial charge in [0.15, 0.2) is 6.04 Å². The molecule has 0 aromatic rings. The minimum absolute atomic E-state index is 0.0461. The van der Waals surface area contributed by atoms with Crippen LogP contribution in [0.5, 0.6) is 0 Å². The fourth-order valence-electron chi connectivity index (χ4n) is 3.38. The molecule has 1 aliphatic heterocycles. The average Bonchev–Trinajstić information content (AvgIpc) is 2.44. The molecule has 2 aliphatic rings. The summed E-state index contributed by atoms with van der Waals surface area (Å²) in [6.07, 6.45) is 0.266. The first-order valence-electron chi connectivity index (χ1n) is 9.53. The minimum Gasteiger partial charge on any atom is -0.464 e. The van der Waals surface area contributed by atoms with Crippen LogP contribution in [0.25, 0.3) is 0 Å². The Kier molecular flexibility index (Phi) is 5.97. The molecule has 27 heavy (non-hydrogen) atoms. The normalized spacial score (nSPS) is 25.2. The van der Waals surface area contributed by atoms with Gasteiger partial charge in [0.05, 0.1) is 6.61 Å². The van der Waals surface area contributed by atoms with Crippen molar-refractivity contribution in [1.29, 1.82) is 0 Å². The van der Waals surface area contributed by atoms with Gasteiger partial charge in [0.1, 0.15) is 11.2 Å². The smallest absolute Gasteiger partial charge is 0.430 e. The molecule has 0 aromatic heterocycles. The van der Waals surface area contributed by atoms with Crippen LogP contribution < -0.4 is 0 Å². The van der Waals surface area contributed by atoms with Crippen LogP contribution in [0, 0.1) is 11.8 Å². The summed E-state index contributed by atoms with van der Waals surface area (Å²) < 4.78 is 16.2. The largest absolute Gasteiger partial charge is 0.464 e. The monoisotopic (exact) mass is 384 g/mol. The van der Waals surface area contributed by atoms with E-state index in [4.69, 9.17) is 14.2 Å². The zero-order valence-corrected chi connectivity index (χ0v) is 17.4. The zero-order valence-electron chi connectivity index (χ0n) is 17.4. The molecular weight excluding hydrogens is 352 g/mol. The van der Waals surface area contributed by atoms with Crippen molar-refractivity contribution in [3.8, 4) is 0 Å². The average molecular weight is 384 g/mol. The third-order valence-electron chi connectivity index (χ3n) is 4.53. The van der Waals surface area contributed by atoms with Crippen LogP contribution in [0.3, 0.4) is 0 Å². The number of hydrogen-bond donors (Lipinski definition) is 0. The van der Waals surface area contributed by atoms with Crippen molar-refractivity contribution in [3.63, 3.8) is 0 Å². The number of hydrogen-bond acceptors (Lipinski definition) is 6. The van der Waals surface area contributed by atoms with Crippen molar-refractivity contribution >= 4 is 18.2 Å². The van der Waals surface area contributed by atoms with Gasteiger partial charge in [0.25, 0.3) is 0 Å². The van der Waals surface area contributed by atoms with Crippen LogP contribution in [-0.4, -0.2) is 58.6 Å². The van der Waals surface area contributed by atoms with Crippen molar-refractivity contribution in [3.05, 3.63) is 0 Å². The molecule has 1 saturated carbocycles. The van der Waals surface area contributed by atoms with E-state index in [2.05, 4.69) is 0 Å². The number of rotatable bonds is 2. The highest BCUT2D eigenvalue weighted by atomic mass is 16.6. The van der Waals surface area contributed by atoms with Gasteiger partial charge in [-0.1, -0.05) is 0 Å². The van der Waals surface area contributed by atoms with Crippen LogP contribution in [0.1, 0.15) is 61.3 Å². The van der Waals surface area contributed by atoms with E-state index in [1.807, 2.05) is 0 Å². The summed E-state index contributed by atoms with van der Waals surface area (Å²) in [5.74, 6) is -0.438.